The third-order valence-electron chi connectivity index (χ3n) is 2.68. The smallest absolute Gasteiger partial charge is 0.236 e. The Bertz CT molecular complexity index is 215. The maximum Gasteiger partial charge on any atom is 0.236 e. The van der Waals surface area contributed by atoms with Crippen LogP contribution in [0.4, 0.5) is 0 Å². The number of carbonyl (C=O) groups excluding carboxylic acids is 1. The molecule has 1 rings (SSSR count). The van der Waals surface area contributed by atoms with Crippen molar-refractivity contribution in [2.75, 3.05) is 26.3 Å². The number of amides is 1. The van der Waals surface area contributed by atoms with Gasteiger partial charge in [-0.3, -0.25) is 4.79 Å². The molecular formula is C11H22N2O2. The Kier molecular flexibility index (Phi) is 4.54. The molecule has 2 N–H and O–H groups in total. The summed E-state index contributed by atoms with van der Waals surface area (Å²) in [5.74, 6) is 0.0840. The van der Waals surface area contributed by atoms with Crippen molar-refractivity contribution >= 4 is 5.91 Å². The van der Waals surface area contributed by atoms with E-state index in [4.69, 9.17) is 4.74 Å². The van der Waals surface area contributed by atoms with Crippen LogP contribution >= 0.6 is 0 Å². The number of ether oxygens (including phenoxy) is 1. The van der Waals surface area contributed by atoms with Gasteiger partial charge in [0.2, 0.25) is 5.91 Å². The summed E-state index contributed by atoms with van der Waals surface area (Å²) in [6.07, 6.45) is 0.976. The fourth-order valence-corrected chi connectivity index (χ4v) is 1.45. The number of hydrogen-bond donors (Lipinski definition) is 2. The Hall–Kier alpha value is -0.610. The Balaban J connectivity index is 2.17. The molecule has 0 radical (unpaired) electrons. The molecule has 1 unspecified atom stereocenters. The second-order valence-electron chi connectivity index (χ2n) is 4.70. The van der Waals surface area contributed by atoms with Gasteiger partial charge in [-0.1, -0.05) is 13.8 Å². The normalized spacial score (nSPS) is 20.5. The van der Waals surface area contributed by atoms with Gasteiger partial charge in [0.1, 0.15) is 0 Å². The molecule has 4 heteroatoms. The molecule has 4 nitrogen and oxygen atoms in total. The Labute approximate surface area is 91.8 Å². The van der Waals surface area contributed by atoms with Crippen LogP contribution in [-0.2, 0) is 9.53 Å². The second-order valence-corrected chi connectivity index (χ2v) is 4.70. The first-order chi connectivity index (χ1) is 7.07. The summed E-state index contributed by atoms with van der Waals surface area (Å²) < 4.78 is 5.15. The van der Waals surface area contributed by atoms with Crippen LogP contribution in [-0.4, -0.2) is 38.3 Å². The van der Waals surface area contributed by atoms with Crippen molar-refractivity contribution in [3.8, 4) is 0 Å². The zero-order valence-corrected chi connectivity index (χ0v) is 9.93. The first-order valence-electron chi connectivity index (χ1n) is 5.66. The number of hydrogen-bond acceptors (Lipinski definition) is 3. The molecule has 88 valence electrons. The van der Waals surface area contributed by atoms with Crippen molar-refractivity contribution in [2.45, 2.75) is 33.2 Å². The largest absolute Gasteiger partial charge is 0.380 e. The van der Waals surface area contributed by atoms with E-state index in [1.807, 2.05) is 13.8 Å². The zero-order chi connectivity index (χ0) is 11.3. The Morgan fingerprint density at radius 3 is 2.67 bits per heavy atom. The molecule has 0 bridgehead atoms. The quantitative estimate of drug-likeness (QED) is 0.678. The molecule has 0 aromatic carbocycles. The van der Waals surface area contributed by atoms with E-state index in [2.05, 4.69) is 17.6 Å². The SMILES string of the molecule is CCCNC(=O)C(C)NCC1(C)COC1. The van der Waals surface area contributed by atoms with E-state index in [-0.39, 0.29) is 17.4 Å². The number of carbonyl (C=O) groups is 1. The topological polar surface area (TPSA) is 50.4 Å². The minimum atomic E-state index is -0.117. The van der Waals surface area contributed by atoms with Crippen LogP contribution in [0.5, 0.6) is 0 Å². The summed E-state index contributed by atoms with van der Waals surface area (Å²) in [6.45, 7) is 9.30. The molecule has 1 saturated heterocycles. The van der Waals surface area contributed by atoms with E-state index in [1.54, 1.807) is 0 Å². The van der Waals surface area contributed by atoms with Crippen LogP contribution in [0, 0.1) is 5.41 Å². The second kappa shape index (κ2) is 5.47. The van der Waals surface area contributed by atoms with Gasteiger partial charge in [0.25, 0.3) is 0 Å². The third-order valence-corrected chi connectivity index (χ3v) is 2.68. The van der Waals surface area contributed by atoms with Crippen LogP contribution in [0.15, 0.2) is 0 Å². The molecule has 0 spiro atoms. The summed E-state index contributed by atoms with van der Waals surface area (Å²) in [5, 5.41) is 6.11. The molecule has 0 saturated carbocycles. The maximum atomic E-state index is 11.5. The fourth-order valence-electron chi connectivity index (χ4n) is 1.45. The van der Waals surface area contributed by atoms with Crippen LogP contribution in [0.25, 0.3) is 0 Å². The van der Waals surface area contributed by atoms with Crippen LogP contribution in [0.1, 0.15) is 27.2 Å². The minimum Gasteiger partial charge on any atom is -0.380 e. The maximum absolute atomic E-state index is 11.5. The summed E-state index contributed by atoms with van der Waals surface area (Å²) in [6, 6.07) is -0.117. The lowest BCUT2D eigenvalue weighted by atomic mass is 9.88. The summed E-state index contributed by atoms with van der Waals surface area (Å²) in [7, 11) is 0. The van der Waals surface area contributed by atoms with Gasteiger partial charge in [0.05, 0.1) is 19.3 Å². The van der Waals surface area contributed by atoms with Crippen molar-refractivity contribution in [3.05, 3.63) is 0 Å². The summed E-state index contributed by atoms with van der Waals surface area (Å²) in [4.78, 5) is 11.5. The molecule has 1 aliphatic rings. The average molecular weight is 214 g/mol. The first-order valence-corrected chi connectivity index (χ1v) is 5.66. The number of nitrogens with one attached hydrogen (secondary N) is 2. The Morgan fingerprint density at radius 2 is 2.20 bits per heavy atom. The first kappa shape index (κ1) is 12.5. The van der Waals surface area contributed by atoms with Gasteiger partial charge >= 0.3 is 0 Å². The van der Waals surface area contributed by atoms with Gasteiger partial charge in [-0.25, -0.2) is 0 Å². The molecule has 1 heterocycles. The zero-order valence-electron chi connectivity index (χ0n) is 9.93. The van der Waals surface area contributed by atoms with E-state index in [1.165, 1.54) is 0 Å². The minimum absolute atomic E-state index is 0.0840. The highest BCUT2D eigenvalue weighted by molar-refractivity contribution is 5.81. The van der Waals surface area contributed by atoms with E-state index < -0.39 is 0 Å². The van der Waals surface area contributed by atoms with E-state index in [0.29, 0.717) is 0 Å². The predicted octanol–water partition coefficient (Wildman–Crippen LogP) is 0.527. The van der Waals surface area contributed by atoms with Gasteiger partial charge in [-0.15, -0.1) is 0 Å². The van der Waals surface area contributed by atoms with Crippen molar-refractivity contribution in [1.29, 1.82) is 0 Å². The monoisotopic (exact) mass is 214 g/mol. The van der Waals surface area contributed by atoms with E-state index in [0.717, 1.165) is 32.7 Å². The molecule has 1 amide bonds. The molecule has 1 aliphatic heterocycles. The van der Waals surface area contributed by atoms with Crippen molar-refractivity contribution in [3.63, 3.8) is 0 Å². The van der Waals surface area contributed by atoms with Crippen LogP contribution in [0.2, 0.25) is 0 Å². The predicted molar refractivity (Wildman–Crippen MR) is 59.7 cm³/mol. The van der Waals surface area contributed by atoms with E-state index >= 15 is 0 Å². The molecule has 0 aromatic rings. The molecule has 15 heavy (non-hydrogen) atoms. The molecule has 1 fully saturated rings. The van der Waals surface area contributed by atoms with E-state index in [9.17, 15) is 4.79 Å². The Morgan fingerprint density at radius 1 is 1.53 bits per heavy atom. The lowest BCUT2D eigenvalue weighted by Crippen LogP contribution is -2.52. The number of rotatable bonds is 6. The van der Waals surface area contributed by atoms with Crippen molar-refractivity contribution in [2.24, 2.45) is 5.41 Å². The molecule has 0 aliphatic carbocycles. The lowest BCUT2D eigenvalue weighted by Gasteiger charge is -2.38. The highest BCUT2D eigenvalue weighted by Crippen LogP contribution is 2.25. The van der Waals surface area contributed by atoms with Crippen LogP contribution < -0.4 is 10.6 Å². The van der Waals surface area contributed by atoms with Crippen LogP contribution in [0.3, 0.4) is 0 Å². The van der Waals surface area contributed by atoms with Gasteiger partial charge < -0.3 is 15.4 Å². The molecular weight excluding hydrogens is 192 g/mol. The van der Waals surface area contributed by atoms with Gasteiger partial charge in [0.15, 0.2) is 0 Å². The van der Waals surface area contributed by atoms with Crippen molar-refractivity contribution < 1.29 is 9.53 Å². The highest BCUT2D eigenvalue weighted by atomic mass is 16.5. The molecule has 0 aromatic heterocycles. The fraction of sp³-hybridized carbons (Fsp3) is 0.909. The molecule has 1 atom stereocenters. The van der Waals surface area contributed by atoms with Crippen molar-refractivity contribution in [1.82, 2.24) is 10.6 Å². The van der Waals surface area contributed by atoms with Gasteiger partial charge in [-0.2, -0.15) is 0 Å². The average Bonchev–Trinajstić information content (AvgIpc) is 2.19. The summed E-state index contributed by atoms with van der Waals surface area (Å²) >= 11 is 0. The summed E-state index contributed by atoms with van der Waals surface area (Å²) in [5.41, 5.74) is 0.222. The van der Waals surface area contributed by atoms with Gasteiger partial charge in [0, 0.05) is 18.5 Å². The lowest BCUT2D eigenvalue weighted by molar-refractivity contribution is -0.124. The van der Waals surface area contributed by atoms with Gasteiger partial charge in [-0.05, 0) is 13.3 Å². The third kappa shape index (κ3) is 3.80. The highest BCUT2D eigenvalue weighted by Gasteiger charge is 2.33. The standard InChI is InChI=1S/C11H22N2O2/c1-4-5-12-10(14)9(2)13-6-11(3)7-15-8-11/h9,13H,4-8H2,1-3H3,(H,12,14).